The lowest BCUT2D eigenvalue weighted by Crippen LogP contribution is -2.46. The minimum Gasteiger partial charge on any atom is -0.347 e. The molecule has 1 saturated heterocycles. The molecule has 1 unspecified atom stereocenters. The van der Waals surface area contributed by atoms with Crippen molar-refractivity contribution in [3.63, 3.8) is 0 Å². The quantitative estimate of drug-likeness (QED) is 0.735. The van der Waals surface area contributed by atoms with Gasteiger partial charge in [-0.25, -0.2) is 0 Å². The number of terminal acetylenes is 1. The Labute approximate surface area is 183 Å². The van der Waals surface area contributed by atoms with E-state index < -0.39 is 0 Å². The standard InChI is InChI=1S/C25H27N3O3/c1-4-19-7-5-9-22(14-19)27-23(29)15-26-24(30)20-8-6-10-28(16-20)25(31)21-12-17(2)11-18(3)13-21/h1,5,7,9,11-14,20H,6,8,10,15-16H2,2-3H3,(H,26,30)(H,27,29). The molecule has 0 radical (unpaired) electrons. The number of carbonyl (C=O) groups excluding carboxylic acids is 3. The molecule has 1 heterocycles. The smallest absolute Gasteiger partial charge is 0.253 e. The van der Waals surface area contributed by atoms with E-state index >= 15 is 0 Å². The summed E-state index contributed by atoms with van der Waals surface area (Å²) in [4.78, 5) is 39.4. The van der Waals surface area contributed by atoms with Crippen LogP contribution in [0.5, 0.6) is 0 Å². The number of carbonyl (C=O) groups is 3. The highest BCUT2D eigenvalue weighted by molar-refractivity contribution is 5.96. The second-order valence-electron chi connectivity index (χ2n) is 7.96. The maximum Gasteiger partial charge on any atom is 0.253 e. The summed E-state index contributed by atoms with van der Waals surface area (Å²) in [5.74, 6) is 1.57. The molecule has 1 aliphatic rings. The van der Waals surface area contributed by atoms with Gasteiger partial charge in [-0.1, -0.05) is 29.2 Å². The van der Waals surface area contributed by atoms with Crippen LogP contribution in [0.2, 0.25) is 0 Å². The van der Waals surface area contributed by atoms with Gasteiger partial charge in [0.25, 0.3) is 5.91 Å². The number of likely N-dealkylation sites (tertiary alicyclic amines) is 1. The zero-order valence-corrected chi connectivity index (χ0v) is 17.9. The lowest BCUT2D eigenvalue weighted by molar-refractivity contribution is -0.128. The van der Waals surface area contributed by atoms with Gasteiger partial charge < -0.3 is 15.5 Å². The molecule has 2 aromatic carbocycles. The van der Waals surface area contributed by atoms with Crippen molar-refractivity contribution >= 4 is 23.4 Å². The third-order valence-corrected chi connectivity index (χ3v) is 5.28. The lowest BCUT2D eigenvalue weighted by Gasteiger charge is -2.32. The number of amides is 3. The van der Waals surface area contributed by atoms with E-state index in [1.54, 1.807) is 29.2 Å². The molecule has 3 rings (SSSR count). The maximum absolute atomic E-state index is 12.9. The molecule has 0 spiro atoms. The predicted octanol–water partition coefficient (Wildman–Crippen LogP) is 2.89. The highest BCUT2D eigenvalue weighted by atomic mass is 16.2. The van der Waals surface area contributed by atoms with Crippen molar-refractivity contribution in [1.82, 2.24) is 10.2 Å². The Morgan fingerprint density at radius 2 is 1.87 bits per heavy atom. The van der Waals surface area contributed by atoms with Gasteiger partial charge >= 0.3 is 0 Å². The fraction of sp³-hybridized carbons (Fsp3) is 0.320. The van der Waals surface area contributed by atoms with Crippen molar-refractivity contribution in [3.8, 4) is 12.3 Å². The molecular formula is C25H27N3O3. The van der Waals surface area contributed by atoms with E-state index in [-0.39, 0.29) is 30.2 Å². The number of benzene rings is 2. The summed E-state index contributed by atoms with van der Waals surface area (Å²) in [6.07, 6.45) is 6.81. The van der Waals surface area contributed by atoms with Gasteiger partial charge in [0.05, 0.1) is 12.5 Å². The number of piperidine rings is 1. The molecule has 1 atom stereocenters. The van der Waals surface area contributed by atoms with Gasteiger partial charge in [-0.3, -0.25) is 14.4 Å². The van der Waals surface area contributed by atoms with Crippen LogP contribution >= 0.6 is 0 Å². The average molecular weight is 418 g/mol. The second-order valence-corrected chi connectivity index (χ2v) is 7.96. The summed E-state index contributed by atoms with van der Waals surface area (Å²) in [5, 5.41) is 5.41. The Morgan fingerprint density at radius 1 is 1.13 bits per heavy atom. The minimum atomic E-state index is -0.332. The molecule has 1 fully saturated rings. The molecular weight excluding hydrogens is 390 g/mol. The predicted molar refractivity (Wildman–Crippen MR) is 121 cm³/mol. The molecule has 0 aliphatic carbocycles. The van der Waals surface area contributed by atoms with E-state index in [0.29, 0.717) is 36.3 Å². The first-order chi connectivity index (χ1) is 14.9. The van der Waals surface area contributed by atoms with Gasteiger partial charge in [0.15, 0.2) is 0 Å². The molecule has 160 valence electrons. The summed E-state index contributed by atoms with van der Waals surface area (Å²) < 4.78 is 0. The average Bonchev–Trinajstić information content (AvgIpc) is 2.76. The third-order valence-electron chi connectivity index (χ3n) is 5.28. The van der Waals surface area contributed by atoms with Gasteiger partial charge in [-0.15, -0.1) is 6.42 Å². The van der Waals surface area contributed by atoms with Crippen LogP contribution in [-0.2, 0) is 9.59 Å². The van der Waals surface area contributed by atoms with Crippen LogP contribution in [-0.4, -0.2) is 42.3 Å². The Hall–Kier alpha value is -3.59. The fourth-order valence-electron chi connectivity index (χ4n) is 3.86. The summed E-state index contributed by atoms with van der Waals surface area (Å²) in [7, 11) is 0. The number of hydrogen-bond acceptors (Lipinski definition) is 3. The van der Waals surface area contributed by atoms with Crippen LogP contribution in [0.25, 0.3) is 0 Å². The molecule has 3 amide bonds. The minimum absolute atomic E-state index is 0.0598. The number of rotatable bonds is 5. The largest absolute Gasteiger partial charge is 0.347 e. The number of aryl methyl sites for hydroxylation is 2. The topological polar surface area (TPSA) is 78.5 Å². The molecule has 0 bridgehead atoms. The molecule has 6 nitrogen and oxygen atoms in total. The highest BCUT2D eigenvalue weighted by Gasteiger charge is 2.29. The maximum atomic E-state index is 12.9. The summed E-state index contributed by atoms with van der Waals surface area (Å²) in [5.41, 5.74) is 3.96. The van der Waals surface area contributed by atoms with E-state index in [9.17, 15) is 14.4 Å². The Bertz CT molecular complexity index is 1020. The Morgan fingerprint density at radius 3 is 2.58 bits per heavy atom. The molecule has 0 saturated carbocycles. The van der Waals surface area contributed by atoms with E-state index in [1.165, 1.54) is 0 Å². The lowest BCUT2D eigenvalue weighted by atomic mass is 9.96. The third kappa shape index (κ3) is 5.95. The molecule has 2 N–H and O–H groups in total. The van der Waals surface area contributed by atoms with Crippen LogP contribution in [0.4, 0.5) is 5.69 Å². The van der Waals surface area contributed by atoms with Gasteiger partial charge in [-0.2, -0.15) is 0 Å². The van der Waals surface area contributed by atoms with Gasteiger partial charge in [0, 0.05) is 29.9 Å². The fourth-order valence-corrected chi connectivity index (χ4v) is 3.86. The SMILES string of the molecule is C#Cc1cccc(NC(=O)CNC(=O)C2CCCN(C(=O)c3cc(C)cc(C)c3)C2)c1. The molecule has 0 aromatic heterocycles. The summed E-state index contributed by atoms with van der Waals surface area (Å²) >= 11 is 0. The molecule has 31 heavy (non-hydrogen) atoms. The van der Waals surface area contributed by atoms with Crippen molar-refractivity contribution in [2.45, 2.75) is 26.7 Å². The van der Waals surface area contributed by atoms with Crippen LogP contribution in [0.15, 0.2) is 42.5 Å². The van der Waals surface area contributed by atoms with Crippen molar-refractivity contribution in [2.24, 2.45) is 5.92 Å². The van der Waals surface area contributed by atoms with Gasteiger partial charge in [0.2, 0.25) is 11.8 Å². The van der Waals surface area contributed by atoms with Crippen LogP contribution in [0.3, 0.4) is 0 Å². The van der Waals surface area contributed by atoms with Gasteiger partial charge in [0.1, 0.15) is 0 Å². The molecule has 1 aliphatic heterocycles. The monoisotopic (exact) mass is 417 g/mol. The van der Waals surface area contributed by atoms with Crippen molar-refractivity contribution < 1.29 is 14.4 Å². The van der Waals surface area contributed by atoms with E-state index in [1.807, 2.05) is 32.0 Å². The Balaban J connectivity index is 1.53. The first-order valence-electron chi connectivity index (χ1n) is 10.4. The number of anilines is 1. The normalized spacial score (nSPS) is 15.6. The molecule has 6 heteroatoms. The van der Waals surface area contributed by atoms with Crippen molar-refractivity contribution in [3.05, 3.63) is 64.7 Å². The van der Waals surface area contributed by atoms with E-state index in [4.69, 9.17) is 6.42 Å². The van der Waals surface area contributed by atoms with Crippen LogP contribution < -0.4 is 10.6 Å². The first-order valence-corrected chi connectivity index (χ1v) is 10.4. The van der Waals surface area contributed by atoms with E-state index in [2.05, 4.69) is 16.6 Å². The van der Waals surface area contributed by atoms with Crippen molar-refractivity contribution in [2.75, 3.05) is 25.0 Å². The van der Waals surface area contributed by atoms with Crippen LogP contribution in [0, 0.1) is 32.1 Å². The first kappa shape index (κ1) is 22.1. The number of hydrogen-bond donors (Lipinski definition) is 2. The van der Waals surface area contributed by atoms with Gasteiger partial charge in [-0.05, 0) is 57.0 Å². The number of nitrogens with one attached hydrogen (secondary N) is 2. The zero-order valence-electron chi connectivity index (χ0n) is 17.9. The van der Waals surface area contributed by atoms with Crippen molar-refractivity contribution in [1.29, 1.82) is 0 Å². The van der Waals surface area contributed by atoms with E-state index in [0.717, 1.165) is 17.5 Å². The highest BCUT2D eigenvalue weighted by Crippen LogP contribution is 2.20. The van der Waals surface area contributed by atoms with Crippen LogP contribution in [0.1, 0.15) is 39.9 Å². The zero-order chi connectivity index (χ0) is 22.4. The summed E-state index contributed by atoms with van der Waals surface area (Å²) in [6, 6.07) is 12.7. The molecule has 2 aromatic rings. The summed E-state index contributed by atoms with van der Waals surface area (Å²) in [6.45, 7) is 4.76. The second kappa shape index (κ2) is 9.94. The number of nitrogens with zero attached hydrogens (tertiary/aromatic N) is 1. The Kier molecular flexibility index (Phi) is 7.09.